The zero-order valence-electron chi connectivity index (χ0n) is 10.1. The molecule has 7 heteroatoms. The van der Waals surface area contributed by atoms with Crippen LogP contribution in [0.15, 0.2) is 5.16 Å². The number of rotatable bonds is 3. The molecular formula is C11H18N4O3. The van der Waals surface area contributed by atoms with Gasteiger partial charge in [0, 0.05) is 13.1 Å². The number of primary amides is 1. The third kappa shape index (κ3) is 2.00. The van der Waals surface area contributed by atoms with E-state index in [1.807, 2.05) is 0 Å². The molecule has 1 saturated heterocycles. The molecule has 100 valence electrons. The molecule has 1 aliphatic carbocycles. The summed E-state index contributed by atoms with van der Waals surface area (Å²) in [6, 6.07) is 0. The first kappa shape index (κ1) is 12.7. The van der Waals surface area contributed by atoms with E-state index < -0.39 is 5.41 Å². The van der Waals surface area contributed by atoms with E-state index in [1.54, 1.807) is 4.90 Å². The predicted octanol–water partition coefficient (Wildman–Crippen LogP) is -0.763. The van der Waals surface area contributed by atoms with Gasteiger partial charge in [0.2, 0.25) is 11.8 Å². The minimum Gasteiger partial charge on any atom is -0.409 e. The van der Waals surface area contributed by atoms with E-state index in [-0.39, 0.29) is 23.6 Å². The van der Waals surface area contributed by atoms with Crippen LogP contribution in [0.3, 0.4) is 0 Å². The molecule has 2 amide bonds. The van der Waals surface area contributed by atoms with Crippen LogP contribution < -0.4 is 11.5 Å². The number of amides is 2. The van der Waals surface area contributed by atoms with Crippen molar-refractivity contribution in [3.8, 4) is 0 Å². The van der Waals surface area contributed by atoms with E-state index >= 15 is 0 Å². The Morgan fingerprint density at radius 2 is 2.00 bits per heavy atom. The van der Waals surface area contributed by atoms with Gasteiger partial charge in [-0.2, -0.15) is 0 Å². The zero-order chi connectivity index (χ0) is 13.3. The minimum atomic E-state index is -0.839. The SMILES string of the molecule is NC(=O)C1CCCN(C(=O)C2(C(N)=NO)CC2)C1. The summed E-state index contributed by atoms with van der Waals surface area (Å²) in [4.78, 5) is 25.1. The minimum absolute atomic E-state index is 0.0336. The highest BCUT2D eigenvalue weighted by molar-refractivity contribution is 6.09. The lowest BCUT2D eigenvalue weighted by molar-refractivity contribution is -0.137. The number of amidine groups is 1. The second kappa shape index (κ2) is 4.47. The molecule has 2 rings (SSSR count). The summed E-state index contributed by atoms with van der Waals surface area (Å²) >= 11 is 0. The van der Waals surface area contributed by atoms with E-state index in [2.05, 4.69) is 5.16 Å². The second-order valence-corrected chi connectivity index (χ2v) is 5.06. The van der Waals surface area contributed by atoms with Crippen LogP contribution in [0.25, 0.3) is 0 Å². The van der Waals surface area contributed by atoms with E-state index in [1.165, 1.54) is 0 Å². The van der Waals surface area contributed by atoms with Crippen molar-refractivity contribution in [3.05, 3.63) is 0 Å². The molecule has 0 spiro atoms. The summed E-state index contributed by atoms with van der Waals surface area (Å²) in [6.07, 6.45) is 2.67. The Morgan fingerprint density at radius 3 is 2.50 bits per heavy atom. The molecule has 18 heavy (non-hydrogen) atoms. The fourth-order valence-electron chi connectivity index (χ4n) is 2.50. The van der Waals surface area contributed by atoms with Gasteiger partial charge in [-0.1, -0.05) is 5.16 Å². The third-order valence-electron chi connectivity index (χ3n) is 3.87. The van der Waals surface area contributed by atoms with Gasteiger partial charge in [-0.3, -0.25) is 9.59 Å². The maximum atomic E-state index is 12.4. The van der Waals surface area contributed by atoms with Crippen LogP contribution in [0.5, 0.6) is 0 Å². The second-order valence-electron chi connectivity index (χ2n) is 5.06. The average molecular weight is 254 g/mol. The summed E-state index contributed by atoms with van der Waals surface area (Å²) in [5, 5.41) is 11.7. The van der Waals surface area contributed by atoms with Crippen LogP contribution in [-0.4, -0.2) is 40.8 Å². The molecule has 0 aromatic heterocycles. The van der Waals surface area contributed by atoms with Crippen LogP contribution in [0.1, 0.15) is 25.7 Å². The van der Waals surface area contributed by atoms with Crippen LogP contribution in [0, 0.1) is 11.3 Å². The maximum absolute atomic E-state index is 12.4. The normalized spacial score (nSPS) is 26.8. The van der Waals surface area contributed by atoms with E-state index in [4.69, 9.17) is 16.7 Å². The highest BCUT2D eigenvalue weighted by atomic mass is 16.4. The first-order chi connectivity index (χ1) is 8.51. The fraction of sp³-hybridized carbons (Fsp3) is 0.727. The summed E-state index contributed by atoms with van der Waals surface area (Å²) in [6.45, 7) is 0.942. The number of hydrogen-bond donors (Lipinski definition) is 3. The number of nitrogens with two attached hydrogens (primary N) is 2. The Kier molecular flexibility index (Phi) is 3.14. The molecule has 5 N–H and O–H groups in total. The number of carbonyl (C=O) groups is 2. The van der Waals surface area contributed by atoms with Crippen LogP contribution >= 0.6 is 0 Å². The molecule has 1 heterocycles. The molecule has 0 aromatic rings. The van der Waals surface area contributed by atoms with E-state index in [0.29, 0.717) is 25.9 Å². The monoisotopic (exact) mass is 254 g/mol. The molecule has 1 saturated carbocycles. The van der Waals surface area contributed by atoms with Gasteiger partial charge in [-0.25, -0.2) is 0 Å². The van der Waals surface area contributed by atoms with Gasteiger partial charge >= 0.3 is 0 Å². The number of oxime groups is 1. The van der Waals surface area contributed by atoms with Gasteiger partial charge in [-0.05, 0) is 25.7 Å². The number of likely N-dealkylation sites (tertiary alicyclic amines) is 1. The molecule has 2 fully saturated rings. The molecule has 1 aliphatic heterocycles. The van der Waals surface area contributed by atoms with Gasteiger partial charge in [-0.15, -0.1) is 0 Å². The third-order valence-corrected chi connectivity index (χ3v) is 3.87. The number of hydrogen-bond acceptors (Lipinski definition) is 4. The number of carbonyl (C=O) groups excluding carboxylic acids is 2. The lowest BCUT2D eigenvalue weighted by Crippen LogP contribution is -2.49. The van der Waals surface area contributed by atoms with Crippen molar-refractivity contribution in [2.45, 2.75) is 25.7 Å². The standard InChI is InChI=1S/C11H18N4O3/c12-8(16)7-2-1-5-15(6-7)10(17)11(3-4-11)9(13)14-18/h7,18H,1-6H2,(H2,12,16)(H2,13,14). The summed E-state index contributed by atoms with van der Waals surface area (Å²) in [5.74, 6) is -0.843. The number of piperidine rings is 1. The van der Waals surface area contributed by atoms with Crippen molar-refractivity contribution in [2.24, 2.45) is 28.0 Å². The van der Waals surface area contributed by atoms with E-state index in [9.17, 15) is 9.59 Å². The molecular weight excluding hydrogens is 236 g/mol. The summed E-state index contributed by atoms with van der Waals surface area (Å²) in [7, 11) is 0. The zero-order valence-corrected chi connectivity index (χ0v) is 10.1. The van der Waals surface area contributed by atoms with Crippen LogP contribution in [0.4, 0.5) is 0 Å². The highest BCUT2D eigenvalue weighted by Gasteiger charge is 2.56. The largest absolute Gasteiger partial charge is 0.409 e. The van der Waals surface area contributed by atoms with Crippen molar-refractivity contribution in [3.63, 3.8) is 0 Å². The topological polar surface area (TPSA) is 122 Å². The quantitative estimate of drug-likeness (QED) is 0.265. The van der Waals surface area contributed by atoms with Crippen LogP contribution in [-0.2, 0) is 9.59 Å². The Labute approximate surface area is 105 Å². The van der Waals surface area contributed by atoms with Crippen molar-refractivity contribution < 1.29 is 14.8 Å². The molecule has 1 atom stereocenters. The predicted molar refractivity (Wildman–Crippen MR) is 63.6 cm³/mol. The van der Waals surface area contributed by atoms with Crippen molar-refractivity contribution in [1.29, 1.82) is 0 Å². The van der Waals surface area contributed by atoms with Crippen molar-refractivity contribution >= 4 is 17.6 Å². The lowest BCUT2D eigenvalue weighted by atomic mass is 9.95. The van der Waals surface area contributed by atoms with E-state index in [0.717, 1.165) is 12.8 Å². The van der Waals surface area contributed by atoms with Crippen LogP contribution in [0.2, 0.25) is 0 Å². The first-order valence-corrected chi connectivity index (χ1v) is 6.08. The van der Waals surface area contributed by atoms with Gasteiger partial charge < -0.3 is 21.6 Å². The Bertz CT molecular complexity index is 403. The number of nitrogens with zero attached hydrogens (tertiary/aromatic N) is 2. The maximum Gasteiger partial charge on any atom is 0.236 e. The Hall–Kier alpha value is -1.79. The van der Waals surface area contributed by atoms with Gasteiger partial charge in [0.15, 0.2) is 5.84 Å². The van der Waals surface area contributed by atoms with Gasteiger partial charge in [0.1, 0.15) is 5.41 Å². The van der Waals surface area contributed by atoms with Gasteiger partial charge in [0.05, 0.1) is 5.92 Å². The average Bonchev–Trinajstić information content (AvgIpc) is 3.18. The fourth-order valence-corrected chi connectivity index (χ4v) is 2.50. The molecule has 0 bridgehead atoms. The van der Waals surface area contributed by atoms with Crippen molar-refractivity contribution in [2.75, 3.05) is 13.1 Å². The smallest absolute Gasteiger partial charge is 0.236 e. The molecule has 7 nitrogen and oxygen atoms in total. The summed E-state index contributed by atoms with van der Waals surface area (Å²) in [5.41, 5.74) is 10.0. The Morgan fingerprint density at radius 1 is 1.33 bits per heavy atom. The highest BCUT2D eigenvalue weighted by Crippen LogP contribution is 2.47. The first-order valence-electron chi connectivity index (χ1n) is 6.08. The molecule has 0 aromatic carbocycles. The molecule has 0 radical (unpaired) electrons. The lowest BCUT2D eigenvalue weighted by Gasteiger charge is -2.33. The Balaban J connectivity index is 2.08. The molecule has 1 unspecified atom stereocenters. The van der Waals surface area contributed by atoms with Crippen molar-refractivity contribution in [1.82, 2.24) is 4.90 Å². The molecule has 2 aliphatic rings. The van der Waals surface area contributed by atoms with Gasteiger partial charge in [0.25, 0.3) is 0 Å². The summed E-state index contributed by atoms with van der Waals surface area (Å²) < 4.78 is 0.